The van der Waals surface area contributed by atoms with Crippen LogP contribution in [-0.2, 0) is 17.6 Å². The van der Waals surface area contributed by atoms with Crippen molar-refractivity contribution in [2.75, 3.05) is 0 Å². The zero-order valence-electron chi connectivity index (χ0n) is 14.6. The van der Waals surface area contributed by atoms with E-state index in [0.717, 1.165) is 36.8 Å². The van der Waals surface area contributed by atoms with Crippen molar-refractivity contribution in [2.45, 2.75) is 31.6 Å². The SMILES string of the molecule is N#CC(C(=O)/C=C/c1ccccc1)c1nc2sc3c(c2c(=O)[nH]1)CCCC3. The van der Waals surface area contributed by atoms with Gasteiger partial charge in [0.25, 0.3) is 5.56 Å². The minimum Gasteiger partial charge on any atom is -0.308 e. The van der Waals surface area contributed by atoms with Gasteiger partial charge in [0.1, 0.15) is 10.7 Å². The lowest BCUT2D eigenvalue weighted by molar-refractivity contribution is -0.114. The Labute approximate surface area is 160 Å². The Hall–Kier alpha value is -3.04. The van der Waals surface area contributed by atoms with Crippen LogP contribution in [0.25, 0.3) is 16.3 Å². The van der Waals surface area contributed by atoms with E-state index in [1.54, 1.807) is 6.08 Å². The summed E-state index contributed by atoms with van der Waals surface area (Å²) in [5.41, 5.74) is 1.70. The van der Waals surface area contributed by atoms with Crippen LogP contribution in [-0.4, -0.2) is 15.8 Å². The number of ketones is 1. The van der Waals surface area contributed by atoms with Crippen LogP contribution >= 0.6 is 11.3 Å². The fourth-order valence-electron chi connectivity index (χ4n) is 3.42. The smallest absolute Gasteiger partial charge is 0.259 e. The number of rotatable bonds is 4. The minimum atomic E-state index is -1.12. The Balaban J connectivity index is 1.69. The summed E-state index contributed by atoms with van der Waals surface area (Å²) in [6.45, 7) is 0. The third kappa shape index (κ3) is 3.34. The number of benzene rings is 1. The number of nitrogens with one attached hydrogen (secondary N) is 1. The van der Waals surface area contributed by atoms with E-state index in [1.165, 1.54) is 22.3 Å². The molecule has 0 saturated heterocycles. The third-order valence-electron chi connectivity index (χ3n) is 4.77. The first-order valence-corrected chi connectivity index (χ1v) is 9.70. The second kappa shape index (κ2) is 7.29. The maximum atomic E-state index is 12.6. The summed E-state index contributed by atoms with van der Waals surface area (Å²) in [7, 11) is 0. The van der Waals surface area contributed by atoms with Gasteiger partial charge in [0, 0.05) is 4.88 Å². The monoisotopic (exact) mass is 375 g/mol. The molecule has 2 heterocycles. The average Bonchev–Trinajstić information content (AvgIpc) is 3.06. The molecule has 27 heavy (non-hydrogen) atoms. The summed E-state index contributed by atoms with van der Waals surface area (Å²) in [6.07, 6.45) is 7.07. The highest BCUT2D eigenvalue weighted by atomic mass is 32.1. The van der Waals surface area contributed by atoms with Crippen LogP contribution in [0.4, 0.5) is 0 Å². The second-order valence-electron chi connectivity index (χ2n) is 6.55. The van der Waals surface area contributed by atoms with Crippen LogP contribution < -0.4 is 5.56 Å². The first kappa shape index (κ1) is 17.4. The van der Waals surface area contributed by atoms with Crippen LogP contribution in [0, 0.1) is 11.3 Å². The number of hydrogen-bond donors (Lipinski definition) is 1. The number of thiophene rings is 1. The summed E-state index contributed by atoms with van der Waals surface area (Å²) < 4.78 is 0. The van der Waals surface area contributed by atoms with Gasteiger partial charge in [-0.15, -0.1) is 11.3 Å². The molecule has 0 bridgehead atoms. The van der Waals surface area contributed by atoms with Gasteiger partial charge in [0.2, 0.25) is 0 Å². The molecule has 1 aromatic carbocycles. The van der Waals surface area contributed by atoms with Gasteiger partial charge in [-0.3, -0.25) is 9.59 Å². The lowest BCUT2D eigenvalue weighted by Gasteiger charge is -2.09. The van der Waals surface area contributed by atoms with E-state index in [4.69, 9.17) is 0 Å². The first-order valence-electron chi connectivity index (χ1n) is 8.88. The molecule has 0 amide bonds. The maximum Gasteiger partial charge on any atom is 0.259 e. The summed E-state index contributed by atoms with van der Waals surface area (Å²) >= 11 is 1.51. The van der Waals surface area contributed by atoms with Crippen molar-refractivity contribution >= 4 is 33.4 Å². The zero-order chi connectivity index (χ0) is 18.8. The molecule has 0 fully saturated rings. The Bertz CT molecular complexity index is 1140. The van der Waals surface area contributed by atoms with E-state index >= 15 is 0 Å². The van der Waals surface area contributed by atoms with Crippen molar-refractivity contribution in [1.82, 2.24) is 9.97 Å². The number of carbonyl (C=O) groups excluding carboxylic acids is 1. The van der Waals surface area contributed by atoms with Gasteiger partial charge in [-0.05, 0) is 42.9 Å². The molecule has 6 heteroatoms. The molecule has 0 spiro atoms. The van der Waals surface area contributed by atoms with Crippen LogP contribution in [0.5, 0.6) is 0 Å². The molecule has 5 nitrogen and oxygen atoms in total. The number of allylic oxidation sites excluding steroid dienone is 1. The minimum absolute atomic E-state index is 0.122. The summed E-state index contributed by atoms with van der Waals surface area (Å²) in [5.74, 6) is -1.40. The highest BCUT2D eigenvalue weighted by molar-refractivity contribution is 7.18. The molecule has 1 unspecified atom stereocenters. The number of aromatic amines is 1. The molecule has 1 atom stereocenters. The van der Waals surface area contributed by atoms with Gasteiger partial charge in [-0.2, -0.15) is 5.26 Å². The van der Waals surface area contributed by atoms with Crippen molar-refractivity contribution in [1.29, 1.82) is 5.26 Å². The lowest BCUT2D eigenvalue weighted by atomic mass is 9.97. The number of nitrogens with zero attached hydrogens (tertiary/aromatic N) is 2. The number of aromatic nitrogens is 2. The molecular weight excluding hydrogens is 358 g/mol. The number of fused-ring (bicyclic) bond motifs is 3. The third-order valence-corrected chi connectivity index (χ3v) is 5.96. The first-order chi connectivity index (χ1) is 13.2. The molecule has 1 N–H and O–H groups in total. The fraction of sp³-hybridized carbons (Fsp3) is 0.238. The van der Waals surface area contributed by atoms with E-state index in [9.17, 15) is 14.9 Å². The van der Waals surface area contributed by atoms with Crippen molar-refractivity contribution in [3.8, 4) is 6.07 Å². The average molecular weight is 375 g/mol. The van der Waals surface area contributed by atoms with E-state index in [1.807, 2.05) is 36.4 Å². The molecule has 0 aliphatic heterocycles. The van der Waals surface area contributed by atoms with Gasteiger partial charge >= 0.3 is 0 Å². The molecule has 1 aliphatic carbocycles. The normalized spacial score (nSPS) is 14.8. The summed E-state index contributed by atoms with van der Waals surface area (Å²) in [5, 5.41) is 10.1. The van der Waals surface area contributed by atoms with Crippen LogP contribution in [0.15, 0.2) is 41.2 Å². The van der Waals surface area contributed by atoms with E-state index < -0.39 is 11.7 Å². The van der Waals surface area contributed by atoms with Crippen molar-refractivity contribution in [3.05, 3.63) is 68.6 Å². The number of H-pyrrole nitrogens is 1. The van der Waals surface area contributed by atoms with Gasteiger partial charge in [-0.1, -0.05) is 36.4 Å². The number of hydrogen-bond acceptors (Lipinski definition) is 5. The molecule has 0 saturated carbocycles. The fourth-order valence-corrected chi connectivity index (χ4v) is 4.68. The summed E-state index contributed by atoms with van der Waals surface area (Å²) in [4.78, 5) is 34.1. The zero-order valence-corrected chi connectivity index (χ0v) is 15.4. The molecule has 4 rings (SSSR count). The quantitative estimate of drug-likeness (QED) is 0.704. The molecule has 134 valence electrons. The Morgan fingerprint density at radius 1 is 1.26 bits per heavy atom. The van der Waals surface area contributed by atoms with Crippen molar-refractivity contribution < 1.29 is 4.79 Å². The predicted molar refractivity (Wildman–Crippen MR) is 106 cm³/mol. The number of nitriles is 1. The van der Waals surface area contributed by atoms with E-state index in [2.05, 4.69) is 9.97 Å². The van der Waals surface area contributed by atoms with Gasteiger partial charge in [-0.25, -0.2) is 4.98 Å². The van der Waals surface area contributed by atoms with Crippen molar-refractivity contribution in [2.24, 2.45) is 0 Å². The Morgan fingerprint density at radius 3 is 2.81 bits per heavy atom. The second-order valence-corrected chi connectivity index (χ2v) is 7.63. The van der Waals surface area contributed by atoms with E-state index in [-0.39, 0.29) is 11.4 Å². The number of carbonyl (C=O) groups is 1. The molecule has 1 aliphatic rings. The molecule has 3 aromatic rings. The van der Waals surface area contributed by atoms with E-state index in [0.29, 0.717) is 10.2 Å². The number of aryl methyl sites for hydroxylation is 2. The molecular formula is C21H17N3O2S. The van der Waals surface area contributed by atoms with Crippen molar-refractivity contribution in [3.63, 3.8) is 0 Å². The maximum absolute atomic E-state index is 12.6. The van der Waals surface area contributed by atoms with Crippen LogP contribution in [0.1, 0.15) is 40.6 Å². The molecule has 2 aromatic heterocycles. The molecule has 0 radical (unpaired) electrons. The standard InChI is InChI=1S/C21H17N3O2S/c22-12-15(16(25)11-10-13-6-2-1-3-7-13)19-23-20(26)18-14-8-4-5-9-17(14)27-21(18)24-19/h1-3,6-7,10-11,15H,4-5,8-9H2,(H,23,24,26)/b11-10+. The largest absolute Gasteiger partial charge is 0.308 e. The predicted octanol–water partition coefficient (Wildman–Crippen LogP) is 3.75. The summed E-state index contributed by atoms with van der Waals surface area (Å²) in [6, 6.07) is 11.4. The van der Waals surface area contributed by atoms with Gasteiger partial charge in [0.15, 0.2) is 11.7 Å². The Kier molecular flexibility index (Phi) is 4.69. The lowest BCUT2D eigenvalue weighted by Crippen LogP contribution is -2.18. The Morgan fingerprint density at radius 2 is 2.04 bits per heavy atom. The highest BCUT2D eigenvalue weighted by Crippen LogP contribution is 2.33. The van der Waals surface area contributed by atoms with Crippen LogP contribution in [0.3, 0.4) is 0 Å². The topological polar surface area (TPSA) is 86.6 Å². The van der Waals surface area contributed by atoms with Crippen LogP contribution in [0.2, 0.25) is 0 Å². The van der Waals surface area contributed by atoms with Gasteiger partial charge in [0.05, 0.1) is 11.5 Å². The highest BCUT2D eigenvalue weighted by Gasteiger charge is 2.25. The van der Waals surface area contributed by atoms with Gasteiger partial charge < -0.3 is 4.98 Å².